The highest BCUT2D eigenvalue weighted by molar-refractivity contribution is 5.82. The number of carbonyl (C=O) groups is 1. The molecule has 3 rings (SSSR count). The van der Waals surface area contributed by atoms with Crippen molar-refractivity contribution >= 4 is 5.91 Å². The Morgan fingerprint density at radius 3 is 3.11 bits per heavy atom. The first-order valence-corrected chi connectivity index (χ1v) is 6.66. The number of ether oxygens (including phenoxy) is 1. The van der Waals surface area contributed by atoms with Gasteiger partial charge in [-0.25, -0.2) is 5.48 Å². The van der Waals surface area contributed by atoms with Gasteiger partial charge in [0.15, 0.2) is 0 Å². The van der Waals surface area contributed by atoms with Crippen LogP contribution in [0.2, 0.25) is 0 Å². The van der Waals surface area contributed by atoms with Crippen molar-refractivity contribution in [2.45, 2.75) is 45.0 Å². The minimum atomic E-state index is -0.451. The molecule has 1 amide bonds. The van der Waals surface area contributed by atoms with E-state index < -0.39 is 5.41 Å². The van der Waals surface area contributed by atoms with Gasteiger partial charge in [0.1, 0.15) is 6.61 Å². The number of nitrogens with one attached hydrogen (secondary N) is 1. The first-order chi connectivity index (χ1) is 9.18. The van der Waals surface area contributed by atoms with Gasteiger partial charge in [0.05, 0.1) is 23.3 Å². The van der Waals surface area contributed by atoms with E-state index >= 15 is 0 Å². The maximum atomic E-state index is 12.2. The van der Waals surface area contributed by atoms with Crippen LogP contribution >= 0.6 is 0 Å². The van der Waals surface area contributed by atoms with Gasteiger partial charge < -0.3 is 4.74 Å². The van der Waals surface area contributed by atoms with Gasteiger partial charge in [-0.3, -0.25) is 14.6 Å². The van der Waals surface area contributed by atoms with E-state index in [4.69, 9.17) is 9.57 Å². The Bertz CT molecular complexity index is 465. The third-order valence-corrected chi connectivity index (χ3v) is 4.10. The Morgan fingerprint density at radius 2 is 2.47 bits per heavy atom. The van der Waals surface area contributed by atoms with Crippen molar-refractivity contribution in [3.63, 3.8) is 0 Å². The van der Waals surface area contributed by atoms with Crippen LogP contribution in [0.15, 0.2) is 24.4 Å². The van der Waals surface area contributed by atoms with E-state index in [-0.39, 0.29) is 24.7 Å². The summed E-state index contributed by atoms with van der Waals surface area (Å²) in [5.41, 5.74) is 2.88. The van der Waals surface area contributed by atoms with Crippen molar-refractivity contribution in [1.29, 1.82) is 0 Å². The first kappa shape index (κ1) is 12.6. The number of nitrogens with zero attached hydrogens (tertiary/aromatic N) is 1. The lowest BCUT2D eigenvalue weighted by atomic mass is 9.75. The van der Waals surface area contributed by atoms with Crippen molar-refractivity contribution in [3.8, 4) is 0 Å². The molecule has 3 heterocycles. The van der Waals surface area contributed by atoms with E-state index in [2.05, 4.69) is 10.5 Å². The van der Waals surface area contributed by atoms with Crippen molar-refractivity contribution in [1.82, 2.24) is 10.5 Å². The highest BCUT2D eigenvalue weighted by atomic mass is 16.7. The molecule has 2 fully saturated rings. The van der Waals surface area contributed by atoms with Crippen molar-refractivity contribution in [2.24, 2.45) is 5.41 Å². The highest BCUT2D eigenvalue weighted by Gasteiger charge is 2.53. The molecule has 0 saturated carbocycles. The fourth-order valence-electron chi connectivity index (χ4n) is 2.94. The monoisotopic (exact) mass is 262 g/mol. The number of hydrogen-bond donors (Lipinski definition) is 1. The number of carbonyl (C=O) groups excluding carboxylic acids is 1. The predicted molar refractivity (Wildman–Crippen MR) is 67.8 cm³/mol. The molecule has 2 saturated heterocycles. The molecule has 2 bridgehead atoms. The fourth-order valence-corrected chi connectivity index (χ4v) is 2.94. The second-order valence-corrected chi connectivity index (χ2v) is 5.49. The van der Waals surface area contributed by atoms with Crippen molar-refractivity contribution < 1.29 is 14.4 Å². The zero-order valence-corrected chi connectivity index (χ0v) is 11.0. The second kappa shape index (κ2) is 4.90. The molecule has 5 heteroatoms. The number of hydroxylamine groups is 1. The number of aromatic nitrogens is 1. The largest absolute Gasteiger partial charge is 0.374 e. The van der Waals surface area contributed by atoms with Crippen LogP contribution in [-0.4, -0.2) is 23.1 Å². The van der Waals surface area contributed by atoms with Crippen LogP contribution in [0.25, 0.3) is 0 Å². The molecule has 5 nitrogen and oxygen atoms in total. The molecule has 19 heavy (non-hydrogen) atoms. The molecule has 0 spiro atoms. The summed E-state index contributed by atoms with van der Waals surface area (Å²) in [5.74, 6) is -0.0874. The van der Waals surface area contributed by atoms with E-state index in [9.17, 15) is 4.79 Å². The molecular formula is C14H18N2O3. The number of hydrogen-bond acceptors (Lipinski definition) is 4. The molecular weight excluding hydrogens is 244 g/mol. The quantitative estimate of drug-likeness (QED) is 0.837. The van der Waals surface area contributed by atoms with E-state index in [1.165, 1.54) is 0 Å². The molecule has 0 aromatic carbocycles. The maximum absolute atomic E-state index is 12.2. The van der Waals surface area contributed by atoms with Crippen molar-refractivity contribution in [3.05, 3.63) is 30.1 Å². The van der Waals surface area contributed by atoms with Crippen LogP contribution in [-0.2, 0) is 21.0 Å². The molecule has 0 unspecified atom stereocenters. The molecule has 1 aromatic heterocycles. The first-order valence-electron chi connectivity index (χ1n) is 6.66. The normalized spacial score (nSPS) is 32.5. The van der Waals surface area contributed by atoms with E-state index in [1.54, 1.807) is 6.20 Å². The number of fused-ring (bicyclic) bond motifs is 2. The predicted octanol–water partition coefficient (Wildman–Crippen LogP) is 1.59. The van der Waals surface area contributed by atoms with Gasteiger partial charge >= 0.3 is 0 Å². The summed E-state index contributed by atoms with van der Waals surface area (Å²) in [7, 11) is 0. The van der Waals surface area contributed by atoms with Crippen LogP contribution in [0.1, 0.15) is 31.9 Å². The maximum Gasteiger partial charge on any atom is 0.252 e. The minimum absolute atomic E-state index is 0.0379. The second-order valence-electron chi connectivity index (χ2n) is 5.49. The zero-order valence-electron chi connectivity index (χ0n) is 11.0. The molecule has 2 aliphatic rings. The van der Waals surface area contributed by atoms with Crippen LogP contribution in [0.3, 0.4) is 0 Å². The van der Waals surface area contributed by atoms with Crippen LogP contribution in [0.4, 0.5) is 0 Å². The standard InChI is InChI=1S/C14H18N2O3/c1-14(8-11-5-6-12(14)19-11)13(17)16-18-9-10-4-2-3-7-15-10/h2-4,7,11-12H,5-6,8-9H2,1H3,(H,16,17)/t11-,12+,14+/m1/s1. The van der Waals surface area contributed by atoms with E-state index in [0.29, 0.717) is 0 Å². The Morgan fingerprint density at radius 1 is 1.58 bits per heavy atom. The van der Waals surface area contributed by atoms with Gasteiger partial charge in [0, 0.05) is 6.20 Å². The summed E-state index contributed by atoms with van der Waals surface area (Å²) in [5, 5.41) is 0. The number of rotatable bonds is 4. The topological polar surface area (TPSA) is 60.5 Å². The van der Waals surface area contributed by atoms with Gasteiger partial charge in [-0.2, -0.15) is 0 Å². The number of amides is 1. The fraction of sp³-hybridized carbons (Fsp3) is 0.571. The summed E-state index contributed by atoms with van der Waals surface area (Å²) in [4.78, 5) is 21.6. The highest BCUT2D eigenvalue weighted by Crippen LogP contribution is 2.47. The van der Waals surface area contributed by atoms with Gasteiger partial charge in [-0.15, -0.1) is 0 Å². The van der Waals surface area contributed by atoms with Crippen LogP contribution in [0.5, 0.6) is 0 Å². The Kier molecular flexibility index (Phi) is 3.24. The zero-order chi connectivity index (χ0) is 13.3. The van der Waals surface area contributed by atoms with E-state index in [1.807, 2.05) is 25.1 Å². The molecule has 1 N–H and O–H groups in total. The third kappa shape index (κ3) is 2.35. The molecule has 2 aliphatic heterocycles. The summed E-state index contributed by atoms with van der Waals surface area (Å²) in [6.45, 7) is 2.23. The summed E-state index contributed by atoms with van der Waals surface area (Å²) in [6, 6.07) is 5.59. The summed E-state index contributed by atoms with van der Waals surface area (Å²) < 4.78 is 5.74. The molecule has 102 valence electrons. The van der Waals surface area contributed by atoms with Gasteiger partial charge in [-0.05, 0) is 38.3 Å². The Balaban J connectivity index is 1.52. The molecule has 1 aromatic rings. The van der Waals surface area contributed by atoms with E-state index in [0.717, 1.165) is 25.0 Å². The smallest absolute Gasteiger partial charge is 0.252 e. The lowest BCUT2D eigenvalue weighted by molar-refractivity contribution is -0.147. The third-order valence-electron chi connectivity index (χ3n) is 4.10. The Labute approximate surface area is 112 Å². The molecule has 3 atom stereocenters. The van der Waals surface area contributed by atoms with Crippen molar-refractivity contribution in [2.75, 3.05) is 0 Å². The van der Waals surface area contributed by atoms with Crippen LogP contribution < -0.4 is 5.48 Å². The molecule has 0 radical (unpaired) electrons. The molecule has 0 aliphatic carbocycles. The lowest BCUT2D eigenvalue weighted by Gasteiger charge is -2.29. The van der Waals surface area contributed by atoms with Gasteiger partial charge in [0.2, 0.25) is 0 Å². The average molecular weight is 262 g/mol. The minimum Gasteiger partial charge on any atom is -0.374 e. The summed E-state index contributed by atoms with van der Waals surface area (Å²) in [6.07, 6.45) is 4.81. The average Bonchev–Trinajstić information content (AvgIpc) is 3.00. The van der Waals surface area contributed by atoms with Gasteiger partial charge in [0.25, 0.3) is 5.91 Å². The summed E-state index contributed by atoms with van der Waals surface area (Å²) >= 11 is 0. The SMILES string of the molecule is C[C@]1(C(=O)NOCc2ccccn2)C[C@H]2CC[C@@H]1O2. The Hall–Kier alpha value is -1.46. The number of pyridine rings is 1. The van der Waals surface area contributed by atoms with Crippen LogP contribution in [0, 0.1) is 5.41 Å². The van der Waals surface area contributed by atoms with Gasteiger partial charge in [-0.1, -0.05) is 6.07 Å². The lowest BCUT2D eigenvalue weighted by Crippen LogP contribution is -2.45.